The van der Waals surface area contributed by atoms with Crippen molar-refractivity contribution in [2.24, 2.45) is 0 Å². The third-order valence-electron chi connectivity index (χ3n) is 13.7. The van der Waals surface area contributed by atoms with Gasteiger partial charge in [-0.1, -0.05) is 261 Å². The van der Waals surface area contributed by atoms with Gasteiger partial charge in [-0.15, -0.1) is 0 Å². The Morgan fingerprint density at radius 2 is 0.507 bits per heavy atom. The summed E-state index contributed by atoms with van der Waals surface area (Å²) in [5.74, 6) is -0.944. The van der Waals surface area contributed by atoms with Gasteiger partial charge in [0.05, 0.1) is 0 Å². The highest BCUT2D eigenvalue weighted by molar-refractivity contribution is 5.71. The molecule has 0 radical (unpaired) electrons. The lowest BCUT2D eigenvalue weighted by atomic mass is 10.0. The summed E-state index contributed by atoms with van der Waals surface area (Å²) in [6, 6.07) is 0. The van der Waals surface area contributed by atoms with Gasteiger partial charge >= 0.3 is 17.9 Å². The molecule has 422 valence electrons. The highest BCUT2D eigenvalue weighted by Gasteiger charge is 2.19. The number of hydrogen-bond acceptors (Lipinski definition) is 6. The molecule has 0 aromatic heterocycles. The van der Waals surface area contributed by atoms with Crippen LogP contribution in [0.4, 0.5) is 0 Å². The number of hydrogen-bond donors (Lipinski definition) is 0. The van der Waals surface area contributed by atoms with E-state index in [1.165, 1.54) is 199 Å². The predicted molar refractivity (Wildman–Crippen MR) is 316 cm³/mol. The maximum absolute atomic E-state index is 12.9. The highest BCUT2D eigenvalue weighted by Crippen LogP contribution is 2.16. The van der Waals surface area contributed by atoms with E-state index in [1.54, 1.807) is 0 Å². The third kappa shape index (κ3) is 59.6. The number of unbranched alkanes of at least 4 members (excludes halogenated alkanes) is 34. The Hall–Kier alpha value is -3.15. The molecule has 0 aliphatic carbocycles. The van der Waals surface area contributed by atoms with Crippen LogP contribution < -0.4 is 0 Å². The first-order valence-electron chi connectivity index (χ1n) is 31.4. The zero-order valence-corrected chi connectivity index (χ0v) is 48.4. The van der Waals surface area contributed by atoms with Crippen molar-refractivity contribution in [3.63, 3.8) is 0 Å². The molecule has 0 aromatic rings. The second-order valence-electron chi connectivity index (χ2n) is 21.0. The summed E-state index contributed by atoms with van der Waals surface area (Å²) in [5.41, 5.74) is 0. The minimum Gasteiger partial charge on any atom is -0.462 e. The van der Waals surface area contributed by atoms with Crippen LogP contribution in [0.25, 0.3) is 0 Å². The van der Waals surface area contributed by atoms with Crippen molar-refractivity contribution in [2.45, 2.75) is 322 Å². The van der Waals surface area contributed by atoms with Crippen molar-refractivity contribution < 1.29 is 28.6 Å². The highest BCUT2D eigenvalue weighted by atomic mass is 16.6. The van der Waals surface area contributed by atoms with E-state index in [9.17, 15) is 14.4 Å². The molecule has 0 rings (SSSR count). The zero-order valence-electron chi connectivity index (χ0n) is 48.4. The van der Waals surface area contributed by atoms with E-state index in [0.29, 0.717) is 19.3 Å². The lowest BCUT2D eigenvalue weighted by Gasteiger charge is -2.18. The molecule has 0 aromatic carbocycles. The second kappa shape index (κ2) is 61.4. The van der Waals surface area contributed by atoms with Crippen molar-refractivity contribution in [3.05, 3.63) is 72.9 Å². The molecule has 6 nitrogen and oxygen atoms in total. The molecule has 0 spiro atoms. The average molecular weight is 1020 g/mol. The smallest absolute Gasteiger partial charge is 0.306 e. The molecule has 0 unspecified atom stereocenters. The van der Waals surface area contributed by atoms with Gasteiger partial charge in [-0.25, -0.2) is 0 Å². The van der Waals surface area contributed by atoms with E-state index in [0.717, 1.165) is 70.6 Å². The molecular weight excluding hydrogens is 901 g/mol. The second-order valence-corrected chi connectivity index (χ2v) is 21.0. The fourth-order valence-corrected chi connectivity index (χ4v) is 8.90. The number of carbonyl (C=O) groups excluding carboxylic acids is 3. The molecule has 0 saturated carbocycles. The topological polar surface area (TPSA) is 78.9 Å². The van der Waals surface area contributed by atoms with Crippen LogP contribution in [0.2, 0.25) is 0 Å². The summed E-state index contributed by atoms with van der Waals surface area (Å²) in [7, 11) is 0. The summed E-state index contributed by atoms with van der Waals surface area (Å²) < 4.78 is 16.9. The van der Waals surface area contributed by atoms with Gasteiger partial charge in [0.2, 0.25) is 0 Å². The molecule has 0 N–H and O–H groups in total. The van der Waals surface area contributed by atoms with E-state index in [-0.39, 0.29) is 37.5 Å². The number of esters is 3. The van der Waals surface area contributed by atoms with E-state index < -0.39 is 6.10 Å². The number of rotatable bonds is 57. The van der Waals surface area contributed by atoms with Crippen LogP contribution in [0.1, 0.15) is 316 Å². The van der Waals surface area contributed by atoms with Gasteiger partial charge in [-0.2, -0.15) is 0 Å². The third-order valence-corrected chi connectivity index (χ3v) is 13.7. The summed E-state index contributed by atoms with van der Waals surface area (Å²) in [6.07, 6.45) is 79.0. The van der Waals surface area contributed by atoms with E-state index in [2.05, 4.69) is 93.7 Å². The van der Waals surface area contributed by atoms with Gasteiger partial charge in [0.1, 0.15) is 13.2 Å². The fraction of sp³-hybridized carbons (Fsp3) is 0.776. The van der Waals surface area contributed by atoms with Crippen LogP contribution in [-0.2, 0) is 28.6 Å². The molecule has 0 bridgehead atoms. The largest absolute Gasteiger partial charge is 0.462 e. The van der Waals surface area contributed by atoms with E-state index in [4.69, 9.17) is 14.2 Å². The average Bonchev–Trinajstić information content (AvgIpc) is 3.39. The molecule has 0 heterocycles. The van der Waals surface area contributed by atoms with Crippen molar-refractivity contribution in [2.75, 3.05) is 13.2 Å². The van der Waals surface area contributed by atoms with Crippen LogP contribution in [-0.4, -0.2) is 37.2 Å². The Kier molecular flexibility index (Phi) is 58.7. The molecule has 0 amide bonds. The lowest BCUT2D eigenvalue weighted by Crippen LogP contribution is -2.30. The Morgan fingerprint density at radius 1 is 0.274 bits per heavy atom. The standard InChI is InChI=1S/C67H118O6/c1-4-7-10-13-16-19-22-25-28-31-32-33-34-37-40-43-46-49-52-55-58-61-67(70)73-64(62-71-65(68)59-56-53-50-47-44-41-38-35-29-26-23-20-17-14-11-8-5-2)63-72-66(69)60-57-54-51-48-45-42-39-36-30-27-24-21-18-15-12-9-6-3/h17,20,25-30,39,42,48,51,64H,4-16,18-19,21-24,31-38,40-41,43-47,49-50,52-63H2,1-3H3/b20-17-,28-25-,29-26-,30-27-,42-39-,51-48-/t64-/m1/s1. The Morgan fingerprint density at radius 3 is 0.863 bits per heavy atom. The van der Waals surface area contributed by atoms with Crippen molar-refractivity contribution >= 4 is 17.9 Å². The Balaban J connectivity index is 4.43. The van der Waals surface area contributed by atoms with Crippen molar-refractivity contribution in [1.29, 1.82) is 0 Å². The summed E-state index contributed by atoms with van der Waals surface area (Å²) in [5, 5.41) is 0. The first-order valence-corrected chi connectivity index (χ1v) is 31.4. The van der Waals surface area contributed by atoms with Crippen LogP contribution in [0.5, 0.6) is 0 Å². The van der Waals surface area contributed by atoms with Gasteiger partial charge in [0.25, 0.3) is 0 Å². The molecular formula is C67H118O6. The van der Waals surface area contributed by atoms with Gasteiger partial charge in [-0.3, -0.25) is 14.4 Å². The van der Waals surface area contributed by atoms with Crippen LogP contribution in [0, 0.1) is 0 Å². The van der Waals surface area contributed by atoms with E-state index >= 15 is 0 Å². The first-order chi connectivity index (χ1) is 36.0. The van der Waals surface area contributed by atoms with Crippen molar-refractivity contribution in [1.82, 2.24) is 0 Å². The van der Waals surface area contributed by atoms with Gasteiger partial charge in [0, 0.05) is 19.3 Å². The van der Waals surface area contributed by atoms with Gasteiger partial charge in [0.15, 0.2) is 6.10 Å². The molecule has 6 heteroatoms. The maximum atomic E-state index is 12.9. The predicted octanol–water partition coefficient (Wildman–Crippen LogP) is 21.3. The van der Waals surface area contributed by atoms with Crippen LogP contribution in [0.15, 0.2) is 72.9 Å². The SMILES string of the molecule is CCCCC/C=C\C/C=C\CCCCCCCCCC(=O)OC[C@H](COC(=O)CCC/C=C\C/C=C\C/C=C\CCCCCCCC)OC(=O)CCCCCCCCCCCCC/C=C\CCCCCCCC. The molecule has 0 aliphatic heterocycles. The molecule has 0 fully saturated rings. The summed E-state index contributed by atoms with van der Waals surface area (Å²) >= 11 is 0. The molecule has 1 atom stereocenters. The number of ether oxygens (including phenoxy) is 3. The minimum absolute atomic E-state index is 0.0942. The normalized spacial score (nSPS) is 12.5. The fourth-order valence-electron chi connectivity index (χ4n) is 8.90. The number of carbonyl (C=O) groups is 3. The molecule has 0 saturated heterocycles. The molecule has 73 heavy (non-hydrogen) atoms. The van der Waals surface area contributed by atoms with Gasteiger partial charge < -0.3 is 14.2 Å². The quantitative estimate of drug-likeness (QED) is 0.0261. The van der Waals surface area contributed by atoms with E-state index in [1.807, 2.05) is 0 Å². The number of allylic oxidation sites excluding steroid dienone is 12. The lowest BCUT2D eigenvalue weighted by molar-refractivity contribution is -0.167. The summed E-state index contributed by atoms with van der Waals surface area (Å²) in [6.45, 7) is 6.59. The maximum Gasteiger partial charge on any atom is 0.306 e. The first kappa shape index (κ1) is 69.8. The summed E-state index contributed by atoms with van der Waals surface area (Å²) in [4.78, 5) is 38.3. The Bertz CT molecular complexity index is 1360. The van der Waals surface area contributed by atoms with Crippen LogP contribution in [0.3, 0.4) is 0 Å². The monoisotopic (exact) mass is 1020 g/mol. The minimum atomic E-state index is -0.800. The van der Waals surface area contributed by atoms with Crippen molar-refractivity contribution in [3.8, 4) is 0 Å². The molecule has 0 aliphatic rings. The van der Waals surface area contributed by atoms with Gasteiger partial charge in [-0.05, 0) is 109 Å². The van der Waals surface area contributed by atoms with Crippen LogP contribution >= 0.6 is 0 Å². The zero-order chi connectivity index (χ0) is 52.9. The Labute approximate surface area is 453 Å².